The third-order valence-corrected chi connectivity index (χ3v) is 3.17. The summed E-state index contributed by atoms with van der Waals surface area (Å²) in [6, 6.07) is 9.18. The predicted molar refractivity (Wildman–Crippen MR) is 64.5 cm³/mol. The van der Waals surface area contributed by atoms with E-state index < -0.39 is 11.6 Å². The molecule has 2 aromatic carbocycles. The number of benzene rings is 2. The fraction of sp³-hybridized carbons (Fsp3) is 0. The van der Waals surface area contributed by atoms with Gasteiger partial charge in [0.05, 0.1) is 10.6 Å². The minimum absolute atomic E-state index is 0.0906. The summed E-state index contributed by atoms with van der Waals surface area (Å²) in [5.41, 5.74) is 0.333. The third kappa shape index (κ3) is 1.97. The molecule has 0 aliphatic carbocycles. The van der Waals surface area contributed by atoms with Crippen molar-refractivity contribution in [1.82, 2.24) is 0 Å². The van der Waals surface area contributed by atoms with Crippen molar-refractivity contribution in [3.05, 3.63) is 57.5 Å². The normalized spacial score (nSPS) is 10.5. The van der Waals surface area contributed by atoms with Crippen molar-refractivity contribution < 1.29 is 8.78 Å². The summed E-state index contributed by atoms with van der Waals surface area (Å²) < 4.78 is 27.9. The van der Waals surface area contributed by atoms with E-state index in [-0.39, 0.29) is 10.6 Å². The van der Waals surface area contributed by atoms with E-state index in [1.54, 1.807) is 24.3 Å². The molecule has 2 aromatic rings. The molecule has 0 fully saturated rings. The largest absolute Gasteiger partial charge is 0.206 e. The van der Waals surface area contributed by atoms with Crippen LogP contribution in [0.3, 0.4) is 0 Å². The molecule has 82 valence electrons. The molecule has 0 amide bonds. The van der Waals surface area contributed by atoms with E-state index in [2.05, 4.69) is 15.9 Å². The first-order valence-corrected chi connectivity index (χ1v) is 5.66. The monoisotopic (exact) mass is 302 g/mol. The average Bonchev–Trinajstić information content (AvgIpc) is 2.27. The topological polar surface area (TPSA) is 0 Å². The summed E-state index contributed by atoms with van der Waals surface area (Å²) >= 11 is 8.88. The Morgan fingerprint density at radius 3 is 2.38 bits per heavy atom. The Kier molecular flexibility index (Phi) is 3.26. The Labute approximate surface area is 105 Å². The summed E-state index contributed by atoms with van der Waals surface area (Å²) in [5.74, 6) is -1.37. The van der Waals surface area contributed by atoms with Gasteiger partial charge in [-0.05, 0) is 18.2 Å². The highest BCUT2D eigenvalue weighted by Crippen LogP contribution is 2.34. The van der Waals surface area contributed by atoms with Crippen LogP contribution >= 0.6 is 27.5 Å². The highest BCUT2D eigenvalue weighted by atomic mass is 79.9. The fourth-order valence-corrected chi connectivity index (χ4v) is 2.08. The van der Waals surface area contributed by atoms with E-state index >= 15 is 0 Å². The van der Waals surface area contributed by atoms with E-state index in [0.29, 0.717) is 10.0 Å². The molecule has 16 heavy (non-hydrogen) atoms. The van der Waals surface area contributed by atoms with E-state index in [4.69, 9.17) is 11.6 Å². The van der Waals surface area contributed by atoms with Crippen molar-refractivity contribution in [2.24, 2.45) is 0 Å². The lowest BCUT2D eigenvalue weighted by molar-refractivity contribution is 0.590. The molecular formula is C12H6BrClF2. The summed E-state index contributed by atoms with van der Waals surface area (Å²) in [6.07, 6.45) is 0. The van der Waals surface area contributed by atoms with Crippen molar-refractivity contribution in [3.63, 3.8) is 0 Å². The zero-order chi connectivity index (χ0) is 11.7. The zero-order valence-corrected chi connectivity index (χ0v) is 10.3. The van der Waals surface area contributed by atoms with Crippen molar-refractivity contribution in [3.8, 4) is 11.1 Å². The van der Waals surface area contributed by atoms with Crippen LogP contribution in [0.5, 0.6) is 0 Å². The molecule has 0 nitrogen and oxygen atoms in total. The molecule has 0 aliphatic heterocycles. The van der Waals surface area contributed by atoms with Gasteiger partial charge in [-0.2, -0.15) is 0 Å². The highest BCUT2D eigenvalue weighted by Gasteiger charge is 2.16. The molecule has 0 spiro atoms. The Balaban J connectivity index is 2.74. The van der Waals surface area contributed by atoms with Crippen LogP contribution < -0.4 is 0 Å². The quantitative estimate of drug-likeness (QED) is 0.647. The number of hydrogen-bond donors (Lipinski definition) is 0. The second-order valence-corrected chi connectivity index (χ2v) is 4.46. The second kappa shape index (κ2) is 4.52. The molecule has 0 heterocycles. The lowest BCUT2D eigenvalue weighted by atomic mass is 10.0. The van der Waals surface area contributed by atoms with E-state index in [1.165, 1.54) is 6.07 Å². The number of rotatable bonds is 1. The minimum Gasteiger partial charge on any atom is -0.206 e. The van der Waals surface area contributed by atoms with Crippen LogP contribution in [0, 0.1) is 11.6 Å². The van der Waals surface area contributed by atoms with Crippen LogP contribution in [0.25, 0.3) is 11.1 Å². The van der Waals surface area contributed by atoms with Gasteiger partial charge in [-0.25, -0.2) is 8.78 Å². The van der Waals surface area contributed by atoms with Gasteiger partial charge in [0, 0.05) is 10.0 Å². The molecule has 0 unspecified atom stereocenters. The third-order valence-electron chi connectivity index (χ3n) is 2.19. The standard InChI is InChI=1S/C12H6BrClF2/c13-8-4-2-1-3-7(8)11-10(15)6-5-9(14)12(11)16/h1-6H. The first-order valence-electron chi connectivity index (χ1n) is 4.49. The molecule has 0 N–H and O–H groups in total. The summed E-state index contributed by atoms with van der Waals surface area (Å²) in [6.45, 7) is 0. The van der Waals surface area contributed by atoms with Crippen molar-refractivity contribution in [2.45, 2.75) is 0 Å². The Hall–Kier alpha value is -0.930. The zero-order valence-electron chi connectivity index (χ0n) is 7.98. The van der Waals surface area contributed by atoms with Gasteiger partial charge >= 0.3 is 0 Å². The summed E-state index contributed by atoms with van der Waals surface area (Å²) in [5, 5.41) is -0.0906. The van der Waals surface area contributed by atoms with Crippen LogP contribution in [0.15, 0.2) is 40.9 Å². The van der Waals surface area contributed by atoms with E-state index in [0.717, 1.165) is 6.07 Å². The van der Waals surface area contributed by atoms with Gasteiger partial charge in [-0.1, -0.05) is 45.7 Å². The molecule has 2 rings (SSSR count). The molecule has 0 aromatic heterocycles. The van der Waals surface area contributed by atoms with Gasteiger partial charge in [-0.15, -0.1) is 0 Å². The Morgan fingerprint density at radius 1 is 1.00 bits per heavy atom. The first-order chi connectivity index (χ1) is 7.61. The van der Waals surface area contributed by atoms with Crippen molar-refractivity contribution in [1.29, 1.82) is 0 Å². The number of halogens is 4. The van der Waals surface area contributed by atoms with Gasteiger partial charge < -0.3 is 0 Å². The molecule has 0 saturated heterocycles. The van der Waals surface area contributed by atoms with Crippen LogP contribution in [0.2, 0.25) is 5.02 Å². The summed E-state index contributed by atoms with van der Waals surface area (Å²) in [7, 11) is 0. The molecule has 0 radical (unpaired) electrons. The maximum Gasteiger partial charge on any atom is 0.152 e. The number of hydrogen-bond acceptors (Lipinski definition) is 0. The maximum atomic E-state index is 13.7. The Morgan fingerprint density at radius 2 is 1.69 bits per heavy atom. The molecular weight excluding hydrogens is 297 g/mol. The van der Waals surface area contributed by atoms with Gasteiger partial charge in [0.2, 0.25) is 0 Å². The average molecular weight is 304 g/mol. The summed E-state index contributed by atoms with van der Waals surface area (Å²) in [4.78, 5) is 0. The van der Waals surface area contributed by atoms with Crippen molar-refractivity contribution in [2.75, 3.05) is 0 Å². The van der Waals surface area contributed by atoms with E-state index in [9.17, 15) is 8.78 Å². The van der Waals surface area contributed by atoms with Crippen molar-refractivity contribution >= 4 is 27.5 Å². The predicted octanol–water partition coefficient (Wildman–Crippen LogP) is 5.05. The molecule has 0 aliphatic rings. The first kappa shape index (κ1) is 11.6. The lowest BCUT2D eigenvalue weighted by Gasteiger charge is -2.08. The molecule has 0 saturated carbocycles. The molecule has 0 bridgehead atoms. The molecule has 4 heteroatoms. The maximum absolute atomic E-state index is 13.7. The van der Waals surface area contributed by atoms with Gasteiger partial charge in [-0.3, -0.25) is 0 Å². The molecule has 0 atom stereocenters. The van der Waals surface area contributed by atoms with E-state index in [1.807, 2.05) is 0 Å². The van der Waals surface area contributed by atoms with Crippen LogP contribution in [0.4, 0.5) is 8.78 Å². The Bertz CT molecular complexity index is 541. The van der Waals surface area contributed by atoms with Crippen LogP contribution in [-0.2, 0) is 0 Å². The van der Waals surface area contributed by atoms with Gasteiger partial charge in [0.25, 0.3) is 0 Å². The fourth-order valence-electron chi connectivity index (χ4n) is 1.44. The van der Waals surface area contributed by atoms with Crippen LogP contribution in [0.1, 0.15) is 0 Å². The smallest absolute Gasteiger partial charge is 0.152 e. The van der Waals surface area contributed by atoms with Gasteiger partial charge in [0.1, 0.15) is 5.82 Å². The van der Waals surface area contributed by atoms with Gasteiger partial charge in [0.15, 0.2) is 5.82 Å². The SMILES string of the molecule is Fc1ccc(Cl)c(F)c1-c1ccccc1Br. The lowest BCUT2D eigenvalue weighted by Crippen LogP contribution is -1.91. The minimum atomic E-state index is -0.742. The second-order valence-electron chi connectivity index (χ2n) is 3.20. The van der Waals surface area contributed by atoms with Crippen LogP contribution in [-0.4, -0.2) is 0 Å². The highest BCUT2D eigenvalue weighted by molar-refractivity contribution is 9.10.